The summed E-state index contributed by atoms with van der Waals surface area (Å²) in [6.45, 7) is 4.39. The van der Waals surface area contributed by atoms with Crippen LogP contribution in [0.15, 0.2) is 18.2 Å². The van der Waals surface area contributed by atoms with Gasteiger partial charge >= 0.3 is 0 Å². The smallest absolute Gasteiger partial charge is 0.271 e. The number of nitrogens with two attached hydrogens (primary N) is 1. The molecule has 3 N–H and O–H groups in total. The van der Waals surface area contributed by atoms with Crippen molar-refractivity contribution in [1.82, 2.24) is 14.8 Å². The van der Waals surface area contributed by atoms with Crippen molar-refractivity contribution in [3.8, 4) is 0 Å². The molecule has 3 rings (SSSR count). The van der Waals surface area contributed by atoms with E-state index in [1.165, 1.54) is 0 Å². The van der Waals surface area contributed by atoms with E-state index in [1.807, 2.05) is 43.7 Å². The number of amides is 2. The Labute approximate surface area is 141 Å². The van der Waals surface area contributed by atoms with E-state index in [9.17, 15) is 9.59 Å². The summed E-state index contributed by atoms with van der Waals surface area (Å²) in [7, 11) is 3.49. The second-order valence-electron chi connectivity index (χ2n) is 6.59. The van der Waals surface area contributed by atoms with Crippen molar-refractivity contribution in [2.45, 2.75) is 32.4 Å². The first-order chi connectivity index (χ1) is 11.4. The molecule has 1 aliphatic heterocycles. The van der Waals surface area contributed by atoms with Crippen LogP contribution in [-0.2, 0) is 11.8 Å². The van der Waals surface area contributed by atoms with Gasteiger partial charge in [-0.3, -0.25) is 9.59 Å². The van der Waals surface area contributed by atoms with Crippen LogP contribution in [0.4, 0.5) is 0 Å². The van der Waals surface area contributed by atoms with Gasteiger partial charge in [0.25, 0.3) is 5.91 Å². The van der Waals surface area contributed by atoms with Crippen LogP contribution < -0.4 is 11.1 Å². The molecule has 128 valence electrons. The van der Waals surface area contributed by atoms with E-state index in [1.54, 1.807) is 11.9 Å². The van der Waals surface area contributed by atoms with Gasteiger partial charge in [0.05, 0.1) is 5.52 Å². The fourth-order valence-electron chi connectivity index (χ4n) is 3.85. The van der Waals surface area contributed by atoms with E-state index >= 15 is 0 Å². The highest BCUT2D eigenvalue weighted by atomic mass is 16.2. The van der Waals surface area contributed by atoms with E-state index in [-0.39, 0.29) is 17.9 Å². The molecule has 0 spiro atoms. The normalized spacial score (nSPS) is 20.6. The molecule has 1 aliphatic rings. The van der Waals surface area contributed by atoms with Gasteiger partial charge in [0, 0.05) is 32.1 Å². The maximum Gasteiger partial charge on any atom is 0.271 e. The lowest BCUT2D eigenvalue weighted by Crippen LogP contribution is -2.45. The molecule has 0 bridgehead atoms. The lowest BCUT2D eigenvalue weighted by atomic mass is 10.1. The molecule has 2 heterocycles. The zero-order chi connectivity index (χ0) is 17.6. The van der Waals surface area contributed by atoms with E-state index in [0.717, 1.165) is 22.0 Å². The number of hydrogen-bond acceptors (Lipinski definition) is 3. The molecule has 1 aromatic heterocycles. The van der Waals surface area contributed by atoms with Crippen LogP contribution in [0.5, 0.6) is 0 Å². The molecule has 24 heavy (non-hydrogen) atoms. The molecule has 1 saturated heterocycles. The number of likely N-dealkylation sites (N-methyl/N-ethyl adjacent to an activating group) is 1. The molecule has 2 atom stereocenters. The minimum Gasteiger partial charge on any atom is -0.357 e. The van der Waals surface area contributed by atoms with Gasteiger partial charge in [0.15, 0.2) is 0 Å². The average Bonchev–Trinajstić information content (AvgIpc) is 3.06. The van der Waals surface area contributed by atoms with Crippen molar-refractivity contribution in [3.63, 3.8) is 0 Å². The molecule has 0 unspecified atom stereocenters. The molecule has 0 radical (unpaired) electrons. The number of fused-ring (bicyclic) bond motifs is 1. The Kier molecular flexibility index (Phi) is 4.09. The van der Waals surface area contributed by atoms with Gasteiger partial charge in [-0.2, -0.15) is 0 Å². The third-order valence-corrected chi connectivity index (χ3v) is 5.01. The predicted molar refractivity (Wildman–Crippen MR) is 93.9 cm³/mol. The summed E-state index contributed by atoms with van der Waals surface area (Å²) in [6, 6.07) is 5.39. The number of para-hydroxylation sites is 1. The third kappa shape index (κ3) is 2.38. The zero-order valence-electron chi connectivity index (χ0n) is 14.6. The van der Waals surface area contributed by atoms with Crippen LogP contribution in [0.25, 0.3) is 10.9 Å². The number of aromatic nitrogens is 1. The Morgan fingerprint density at radius 3 is 2.62 bits per heavy atom. The standard InChI is InChI=1S/C18H24N4O2/c1-10-6-5-7-13-11(2)16(21(4)15(10)13)18(24)22-9-12(19)8-14(22)17(23)20-3/h5-7,12,14H,8-9,19H2,1-4H3,(H,20,23)/t12-,14+/m1/s1. The summed E-state index contributed by atoms with van der Waals surface area (Å²) < 4.78 is 1.94. The summed E-state index contributed by atoms with van der Waals surface area (Å²) in [6.07, 6.45) is 0.493. The zero-order valence-corrected chi connectivity index (χ0v) is 14.6. The first kappa shape index (κ1) is 16.5. The van der Waals surface area contributed by atoms with E-state index in [0.29, 0.717) is 18.7 Å². The molecule has 6 heteroatoms. The van der Waals surface area contributed by atoms with Gasteiger partial charge in [0.1, 0.15) is 11.7 Å². The highest BCUT2D eigenvalue weighted by Crippen LogP contribution is 2.29. The molecule has 2 aromatic rings. The van der Waals surface area contributed by atoms with Gasteiger partial charge in [-0.25, -0.2) is 0 Å². The Balaban J connectivity index is 2.09. The van der Waals surface area contributed by atoms with Gasteiger partial charge in [0.2, 0.25) is 5.91 Å². The quantitative estimate of drug-likeness (QED) is 0.866. The number of carbonyl (C=O) groups is 2. The summed E-state index contributed by atoms with van der Waals surface area (Å²) in [5.41, 5.74) is 9.76. The summed E-state index contributed by atoms with van der Waals surface area (Å²) in [5.74, 6) is -0.295. The van der Waals surface area contributed by atoms with Crippen molar-refractivity contribution >= 4 is 22.7 Å². The summed E-state index contributed by atoms with van der Waals surface area (Å²) in [5, 5.41) is 3.70. The fraction of sp³-hybridized carbons (Fsp3) is 0.444. The van der Waals surface area contributed by atoms with Crippen LogP contribution >= 0.6 is 0 Å². The van der Waals surface area contributed by atoms with Gasteiger partial charge in [-0.15, -0.1) is 0 Å². The summed E-state index contributed by atoms with van der Waals surface area (Å²) >= 11 is 0. The maximum absolute atomic E-state index is 13.2. The summed E-state index contributed by atoms with van der Waals surface area (Å²) in [4.78, 5) is 27.0. The number of rotatable bonds is 2. The number of carbonyl (C=O) groups excluding carboxylic acids is 2. The second-order valence-corrected chi connectivity index (χ2v) is 6.59. The second kappa shape index (κ2) is 5.94. The van der Waals surface area contributed by atoms with Crippen LogP contribution in [0.3, 0.4) is 0 Å². The lowest BCUT2D eigenvalue weighted by Gasteiger charge is -2.24. The highest BCUT2D eigenvalue weighted by Gasteiger charge is 2.39. The number of benzene rings is 1. The van der Waals surface area contributed by atoms with Crippen LogP contribution in [0, 0.1) is 13.8 Å². The third-order valence-electron chi connectivity index (χ3n) is 5.01. The maximum atomic E-state index is 13.2. The van der Waals surface area contributed by atoms with Gasteiger partial charge in [-0.05, 0) is 31.4 Å². The Morgan fingerprint density at radius 2 is 2.00 bits per heavy atom. The number of hydrogen-bond donors (Lipinski definition) is 2. The van der Waals surface area contributed by atoms with Crippen molar-refractivity contribution < 1.29 is 9.59 Å². The SMILES string of the molecule is CNC(=O)[C@@H]1C[C@@H](N)CN1C(=O)c1c(C)c2cccc(C)c2n1C. The first-order valence-corrected chi connectivity index (χ1v) is 8.19. The predicted octanol–water partition coefficient (Wildman–Crippen LogP) is 1.08. The Hall–Kier alpha value is -2.34. The molecule has 2 amide bonds. The van der Waals surface area contributed by atoms with Crippen LogP contribution in [0.2, 0.25) is 0 Å². The molecular formula is C18H24N4O2. The molecule has 0 aliphatic carbocycles. The van der Waals surface area contributed by atoms with Gasteiger partial charge in [-0.1, -0.05) is 18.2 Å². The average molecular weight is 328 g/mol. The van der Waals surface area contributed by atoms with E-state index in [4.69, 9.17) is 5.73 Å². The highest BCUT2D eigenvalue weighted by molar-refractivity contribution is 6.04. The number of nitrogens with one attached hydrogen (secondary N) is 1. The lowest BCUT2D eigenvalue weighted by molar-refractivity contribution is -0.124. The minimum absolute atomic E-state index is 0.132. The molecule has 1 fully saturated rings. The van der Waals surface area contributed by atoms with Crippen molar-refractivity contribution in [2.24, 2.45) is 12.8 Å². The largest absolute Gasteiger partial charge is 0.357 e. The number of likely N-dealkylation sites (tertiary alicyclic amines) is 1. The number of nitrogens with zero attached hydrogens (tertiary/aromatic N) is 2. The van der Waals surface area contributed by atoms with Gasteiger partial charge < -0.3 is 20.5 Å². The van der Waals surface area contributed by atoms with Crippen molar-refractivity contribution in [3.05, 3.63) is 35.0 Å². The number of aryl methyl sites for hydroxylation is 3. The molecular weight excluding hydrogens is 304 g/mol. The Morgan fingerprint density at radius 1 is 1.29 bits per heavy atom. The van der Waals surface area contributed by atoms with E-state index in [2.05, 4.69) is 5.32 Å². The van der Waals surface area contributed by atoms with Crippen LogP contribution in [0.1, 0.15) is 28.0 Å². The first-order valence-electron chi connectivity index (χ1n) is 8.19. The van der Waals surface area contributed by atoms with E-state index < -0.39 is 6.04 Å². The Bertz CT molecular complexity index is 824. The monoisotopic (exact) mass is 328 g/mol. The molecule has 6 nitrogen and oxygen atoms in total. The van der Waals surface area contributed by atoms with Crippen LogP contribution in [-0.4, -0.2) is 47.0 Å². The topological polar surface area (TPSA) is 80.4 Å². The van der Waals surface area contributed by atoms with Crippen molar-refractivity contribution in [1.29, 1.82) is 0 Å². The fourth-order valence-corrected chi connectivity index (χ4v) is 3.85. The minimum atomic E-state index is -0.504. The van der Waals surface area contributed by atoms with Crippen molar-refractivity contribution in [2.75, 3.05) is 13.6 Å². The molecule has 0 saturated carbocycles. The molecule has 1 aromatic carbocycles.